The molecule has 0 spiro atoms. The van der Waals surface area contributed by atoms with Crippen LogP contribution < -0.4 is 14.4 Å². The van der Waals surface area contributed by atoms with E-state index in [2.05, 4.69) is 18.7 Å². The molecule has 0 bridgehead atoms. The van der Waals surface area contributed by atoms with Gasteiger partial charge in [0.1, 0.15) is 0 Å². The van der Waals surface area contributed by atoms with Gasteiger partial charge in [0.25, 0.3) is 5.91 Å². The number of thiazole rings is 1. The minimum absolute atomic E-state index is 0. The van der Waals surface area contributed by atoms with Crippen molar-refractivity contribution in [1.82, 2.24) is 14.2 Å². The van der Waals surface area contributed by atoms with E-state index < -0.39 is 10.0 Å². The maximum atomic E-state index is 13.6. The van der Waals surface area contributed by atoms with Crippen molar-refractivity contribution < 1.29 is 22.7 Å². The summed E-state index contributed by atoms with van der Waals surface area (Å²) in [6, 6.07) is 9.65. The number of halogens is 1. The van der Waals surface area contributed by atoms with Gasteiger partial charge in [0.2, 0.25) is 10.0 Å². The summed E-state index contributed by atoms with van der Waals surface area (Å²) >= 11 is 1.39. The predicted molar refractivity (Wildman–Crippen MR) is 147 cm³/mol. The van der Waals surface area contributed by atoms with Crippen molar-refractivity contribution in [2.45, 2.75) is 18.7 Å². The molecule has 0 aliphatic rings. The Morgan fingerprint density at radius 1 is 0.972 bits per heavy atom. The Balaban J connectivity index is 0.00000456. The summed E-state index contributed by atoms with van der Waals surface area (Å²) in [6.45, 7) is 7.00. The highest BCUT2D eigenvalue weighted by Gasteiger charge is 2.24. The van der Waals surface area contributed by atoms with Gasteiger partial charge in [-0.1, -0.05) is 25.2 Å². The van der Waals surface area contributed by atoms with Crippen molar-refractivity contribution in [3.63, 3.8) is 0 Å². The maximum absolute atomic E-state index is 13.6. The maximum Gasteiger partial charge on any atom is 0.260 e. The van der Waals surface area contributed by atoms with Crippen molar-refractivity contribution in [3.8, 4) is 11.5 Å². The first kappa shape index (κ1) is 29.8. The molecule has 0 aliphatic heterocycles. The van der Waals surface area contributed by atoms with E-state index in [9.17, 15) is 13.2 Å². The highest BCUT2D eigenvalue weighted by molar-refractivity contribution is 7.89. The van der Waals surface area contributed by atoms with Crippen LogP contribution >= 0.6 is 23.7 Å². The molecule has 0 saturated heterocycles. The number of anilines is 1. The zero-order chi connectivity index (χ0) is 25.8. The third-order valence-corrected chi connectivity index (χ3v) is 8.64. The molecule has 198 valence electrons. The molecule has 0 radical (unpaired) electrons. The molecule has 0 unspecified atom stereocenters. The van der Waals surface area contributed by atoms with Crippen LogP contribution in [0.4, 0.5) is 5.13 Å². The minimum Gasteiger partial charge on any atom is -0.493 e. The van der Waals surface area contributed by atoms with Crippen molar-refractivity contribution in [1.29, 1.82) is 0 Å². The number of rotatable bonds is 11. The smallest absolute Gasteiger partial charge is 0.260 e. The predicted octanol–water partition coefficient (Wildman–Crippen LogP) is 3.97. The zero-order valence-electron chi connectivity index (χ0n) is 21.3. The van der Waals surface area contributed by atoms with E-state index in [1.54, 1.807) is 37.3 Å². The standard InChI is InChI=1S/C24H32N4O5S2.ClH/c1-7-27(8-2)13-14-28(23(29)17-9-11-18(12-10-17)35(30,31)26(3)4)24-25-19-15-20(32-5)21(33-6)16-22(19)34-24;/h9-12,15-16H,7-8,13-14H2,1-6H3;1H. The van der Waals surface area contributed by atoms with Crippen molar-refractivity contribution in [2.75, 3.05) is 59.4 Å². The number of nitrogens with zero attached hydrogens (tertiary/aromatic N) is 4. The van der Waals surface area contributed by atoms with E-state index >= 15 is 0 Å². The molecule has 0 atom stereocenters. The number of benzene rings is 2. The Kier molecular flexibility index (Phi) is 10.5. The van der Waals surface area contributed by atoms with Gasteiger partial charge in [0, 0.05) is 44.9 Å². The molecule has 1 amide bonds. The fraction of sp³-hybridized carbons (Fsp3) is 0.417. The van der Waals surface area contributed by atoms with Gasteiger partial charge in [-0.05, 0) is 37.4 Å². The second-order valence-electron chi connectivity index (χ2n) is 7.97. The van der Waals surface area contributed by atoms with E-state index in [-0.39, 0.29) is 23.2 Å². The molecule has 0 saturated carbocycles. The Bertz CT molecular complexity index is 1230. The number of fused-ring (bicyclic) bond motifs is 1. The number of hydrogen-bond acceptors (Lipinski definition) is 8. The summed E-state index contributed by atoms with van der Waals surface area (Å²) in [4.78, 5) is 22.3. The summed E-state index contributed by atoms with van der Waals surface area (Å²) in [5.41, 5.74) is 1.09. The second-order valence-corrected chi connectivity index (χ2v) is 11.1. The Labute approximate surface area is 223 Å². The number of hydrogen-bond donors (Lipinski definition) is 0. The van der Waals surface area contributed by atoms with Gasteiger partial charge < -0.3 is 14.4 Å². The number of methoxy groups -OCH3 is 2. The van der Waals surface area contributed by atoms with Crippen molar-refractivity contribution in [3.05, 3.63) is 42.0 Å². The molecule has 1 heterocycles. The molecule has 0 N–H and O–H groups in total. The highest BCUT2D eigenvalue weighted by atomic mass is 35.5. The van der Waals surface area contributed by atoms with Crippen molar-refractivity contribution in [2.24, 2.45) is 0 Å². The SMILES string of the molecule is CCN(CC)CCN(C(=O)c1ccc(S(=O)(=O)N(C)C)cc1)c1nc2cc(OC)c(OC)cc2s1.Cl. The molecule has 0 aliphatic carbocycles. The first-order chi connectivity index (χ1) is 16.7. The zero-order valence-corrected chi connectivity index (χ0v) is 23.8. The molecule has 9 nitrogen and oxygen atoms in total. The topological polar surface area (TPSA) is 92.3 Å². The number of carbonyl (C=O) groups excluding carboxylic acids is 1. The molecular formula is C24H33ClN4O5S2. The Morgan fingerprint density at radius 3 is 2.08 bits per heavy atom. The number of amides is 1. The van der Waals surface area contributed by atoms with Crippen LogP contribution in [0.2, 0.25) is 0 Å². The van der Waals surface area contributed by atoms with Crippen LogP contribution in [0, 0.1) is 0 Å². The van der Waals surface area contributed by atoms with Crippen LogP contribution in [0.25, 0.3) is 10.2 Å². The lowest BCUT2D eigenvalue weighted by atomic mass is 10.2. The average Bonchev–Trinajstić information content (AvgIpc) is 3.27. The van der Waals surface area contributed by atoms with E-state index in [4.69, 9.17) is 14.5 Å². The van der Waals surface area contributed by atoms with E-state index in [0.717, 1.165) is 22.1 Å². The third-order valence-electron chi connectivity index (χ3n) is 5.77. The van der Waals surface area contributed by atoms with Crippen LogP contribution in [0.15, 0.2) is 41.3 Å². The average molecular weight is 557 g/mol. The second kappa shape index (κ2) is 12.7. The quantitative estimate of drug-likeness (QED) is 0.353. The molecule has 1 aromatic heterocycles. The molecule has 12 heteroatoms. The number of likely N-dealkylation sites (N-methyl/N-ethyl adjacent to an activating group) is 1. The van der Waals surface area contributed by atoms with Gasteiger partial charge in [0.15, 0.2) is 16.6 Å². The fourth-order valence-electron chi connectivity index (χ4n) is 3.56. The first-order valence-electron chi connectivity index (χ1n) is 11.3. The lowest BCUT2D eigenvalue weighted by Crippen LogP contribution is -2.38. The molecule has 36 heavy (non-hydrogen) atoms. The molecule has 3 aromatic rings. The summed E-state index contributed by atoms with van der Waals surface area (Å²) < 4.78 is 37.6. The normalized spacial score (nSPS) is 11.6. The fourth-order valence-corrected chi connectivity index (χ4v) is 5.46. The van der Waals surface area contributed by atoms with E-state index in [1.807, 2.05) is 6.07 Å². The molecule has 2 aromatic carbocycles. The first-order valence-corrected chi connectivity index (χ1v) is 13.5. The van der Waals surface area contributed by atoms with Gasteiger partial charge in [-0.25, -0.2) is 17.7 Å². The molecular weight excluding hydrogens is 524 g/mol. The van der Waals surface area contributed by atoms with Crippen LogP contribution in [-0.4, -0.2) is 83.0 Å². The number of carbonyl (C=O) groups is 1. The van der Waals surface area contributed by atoms with Crippen molar-refractivity contribution >= 4 is 55.0 Å². The summed E-state index contributed by atoms with van der Waals surface area (Å²) in [5.74, 6) is 0.911. The lowest BCUT2D eigenvalue weighted by Gasteiger charge is -2.24. The van der Waals surface area contributed by atoms with E-state index in [1.165, 1.54) is 37.6 Å². The van der Waals surface area contributed by atoms with Crippen LogP contribution in [0.3, 0.4) is 0 Å². The van der Waals surface area contributed by atoms with Gasteiger partial charge in [-0.2, -0.15) is 0 Å². The number of aromatic nitrogens is 1. The van der Waals surface area contributed by atoms with Gasteiger partial charge in [-0.15, -0.1) is 12.4 Å². The Hall–Kier alpha value is -2.44. The summed E-state index contributed by atoms with van der Waals surface area (Å²) in [7, 11) is 2.50. The number of sulfonamides is 1. The largest absolute Gasteiger partial charge is 0.493 e. The van der Waals surface area contributed by atoms with Gasteiger partial charge in [0.05, 0.1) is 29.3 Å². The van der Waals surface area contributed by atoms with Gasteiger partial charge in [-0.3, -0.25) is 9.69 Å². The summed E-state index contributed by atoms with van der Waals surface area (Å²) in [5, 5.41) is 0.553. The summed E-state index contributed by atoms with van der Waals surface area (Å²) in [6.07, 6.45) is 0. The van der Waals surface area contributed by atoms with Crippen LogP contribution in [0.5, 0.6) is 11.5 Å². The lowest BCUT2D eigenvalue weighted by molar-refractivity contribution is 0.0983. The molecule has 3 rings (SSSR count). The van der Waals surface area contributed by atoms with Crippen LogP contribution in [-0.2, 0) is 10.0 Å². The van der Waals surface area contributed by atoms with E-state index in [0.29, 0.717) is 40.8 Å². The minimum atomic E-state index is -3.58. The van der Waals surface area contributed by atoms with Gasteiger partial charge >= 0.3 is 0 Å². The molecule has 0 fully saturated rings. The highest BCUT2D eigenvalue weighted by Crippen LogP contribution is 2.37. The number of ether oxygens (including phenoxy) is 2. The Morgan fingerprint density at radius 2 is 1.56 bits per heavy atom. The monoisotopic (exact) mass is 556 g/mol. The third kappa shape index (κ3) is 6.27. The van der Waals surface area contributed by atoms with Crippen LogP contribution in [0.1, 0.15) is 24.2 Å².